The quantitative estimate of drug-likeness (QED) is 0.891. The van der Waals surface area contributed by atoms with Gasteiger partial charge in [0.2, 0.25) is 0 Å². The van der Waals surface area contributed by atoms with Gasteiger partial charge < -0.3 is 14.7 Å². The second-order valence-corrected chi connectivity index (χ2v) is 4.68. The molecule has 1 heterocycles. The molecule has 1 aliphatic rings. The Morgan fingerprint density at radius 2 is 2.11 bits per heavy atom. The number of hydrogen-bond acceptors (Lipinski definition) is 3. The van der Waals surface area contributed by atoms with Crippen LogP contribution in [0.15, 0.2) is 30.3 Å². The molecule has 1 N–H and O–H groups in total. The summed E-state index contributed by atoms with van der Waals surface area (Å²) in [6.45, 7) is 3.27. The summed E-state index contributed by atoms with van der Waals surface area (Å²) < 4.78 is 5.23. The van der Waals surface area contributed by atoms with Gasteiger partial charge in [0, 0.05) is 12.5 Å². The summed E-state index contributed by atoms with van der Waals surface area (Å²) in [4.78, 5) is 13.4. The standard InChI is InChI=1S/C14H19NO3/c1-2-12-8-15(9-13(12)16)14(17)18-10-11-6-4-3-5-7-11/h3-7,12-13,16H,2,8-10H2,1H3. The van der Waals surface area contributed by atoms with Crippen molar-refractivity contribution < 1.29 is 14.6 Å². The molecule has 1 aromatic carbocycles. The molecule has 1 aliphatic heterocycles. The molecular formula is C14H19NO3. The summed E-state index contributed by atoms with van der Waals surface area (Å²) >= 11 is 0. The second kappa shape index (κ2) is 5.87. The predicted octanol–water partition coefficient (Wildman–Crippen LogP) is 2.03. The molecule has 18 heavy (non-hydrogen) atoms. The van der Waals surface area contributed by atoms with E-state index in [0.29, 0.717) is 13.1 Å². The van der Waals surface area contributed by atoms with E-state index in [0.717, 1.165) is 12.0 Å². The van der Waals surface area contributed by atoms with E-state index in [4.69, 9.17) is 4.74 Å². The van der Waals surface area contributed by atoms with Crippen molar-refractivity contribution in [2.45, 2.75) is 26.1 Å². The molecule has 4 heteroatoms. The molecule has 98 valence electrons. The van der Waals surface area contributed by atoms with Gasteiger partial charge in [-0.15, -0.1) is 0 Å². The highest BCUT2D eigenvalue weighted by Gasteiger charge is 2.33. The van der Waals surface area contributed by atoms with Crippen LogP contribution in [0.3, 0.4) is 0 Å². The molecule has 0 saturated carbocycles. The van der Waals surface area contributed by atoms with Crippen LogP contribution in [0.1, 0.15) is 18.9 Å². The van der Waals surface area contributed by atoms with Crippen LogP contribution in [0.4, 0.5) is 4.79 Å². The summed E-state index contributed by atoms with van der Waals surface area (Å²) in [6, 6.07) is 9.59. The average Bonchev–Trinajstić information content (AvgIpc) is 2.78. The number of aliphatic hydroxyl groups is 1. The van der Waals surface area contributed by atoms with Gasteiger partial charge in [0.05, 0.1) is 12.6 Å². The topological polar surface area (TPSA) is 49.8 Å². The molecule has 2 rings (SSSR count). The molecular weight excluding hydrogens is 230 g/mol. The Morgan fingerprint density at radius 3 is 2.72 bits per heavy atom. The molecule has 0 bridgehead atoms. The Kier molecular flexibility index (Phi) is 4.20. The lowest BCUT2D eigenvalue weighted by molar-refractivity contribution is 0.0966. The third-order valence-corrected chi connectivity index (χ3v) is 3.39. The predicted molar refractivity (Wildman–Crippen MR) is 68.0 cm³/mol. The van der Waals surface area contributed by atoms with Gasteiger partial charge in [0.1, 0.15) is 6.61 Å². The Balaban J connectivity index is 1.82. The molecule has 0 spiro atoms. The summed E-state index contributed by atoms with van der Waals surface area (Å²) in [5.74, 6) is 0.175. The van der Waals surface area contributed by atoms with Crippen LogP contribution in [-0.2, 0) is 11.3 Å². The van der Waals surface area contributed by atoms with Crippen molar-refractivity contribution in [3.05, 3.63) is 35.9 Å². The van der Waals surface area contributed by atoms with Crippen LogP contribution in [0.25, 0.3) is 0 Å². The zero-order chi connectivity index (χ0) is 13.0. The number of aliphatic hydroxyl groups excluding tert-OH is 1. The molecule has 0 aromatic heterocycles. The van der Waals surface area contributed by atoms with E-state index in [9.17, 15) is 9.90 Å². The molecule has 1 saturated heterocycles. The monoisotopic (exact) mass is 249 g/mol. The molecule has 0 radical (unpaired) electrons. The smallest absolute Gasteiger partial charge is 0.410 e. The molecule has 4 nitrogen and oxygen atoms in total. The maximum absolute atomic E-state index is 11.8. The molecule has 2 atom stereocenters. The summed E-state index contributed by atoms with van der Waals surface area (Å²) in [5, 5.41) is 9.74. The minimum absolute atomic E-state index is 0.175. The van der Waals surface area contributed by atoms with Crippen LogP contribution < -0.4 is 0 Å². The van der Waals surface area contributed by atoms with Gasteiger partial charge in [0.25, 0.3) is 0 Å². The Bertz CT molecular complexity index is 393. The SMILES string of the molecule is CCC1CN(C(=O)OCc2ccccc2)CC1O. The van der Waals surface area contributed by atoms with Gasteiger partial charge >= 0.3 is 6.09 Å². The fourth-order valence-corrected chi connectivity index (χ4v) is 2.22. The van der Waals surface area contributed by atoms with Gasteiger partial charge in [0.15, 0.2) is 0 Å². The van der Waals surface area contributed by atoms with Crippen LogP contribution in [0.2, 0.25) is 0 Å². The van der Waals surface area contributed by atoms with Crippen molar-refractivity contribution in [2.24, 2.45) is 5.92 Å². The third kappa shape index (κ3) is 3.01. The number of benzene rings is 1. The van der Waals surface area contributed by atoms with Gasteiger partial charge in [-0.2, -0.15) is 0 Å². The minimum Gasteiger partial charge on any atom is -0.445 e. The molecule has 1 amide bonds. The van der Waals surface area contributed by atoms with Crippen molar-refractivity contribution in [3.63, 3.8) is 0 Å². The first-order chi connectivity index (χ1) is 8.70. The third-order valence-electron chi connectivity index (χ3n) is 3.39. The number of hydrogen-bond donors (Lipinski definition) is 1. The zero-order valence-corrected chi connectivity index (χ0v) is 10.6. The van der Waals surface area contributed by atoms with E-state index in [1.165, 1.54) is 0 Å². The lowest BCUT2D eigenvalue weighted by Gasteiger charge is -2.15. The average molecular weight is 249 g/mol. The molecule has 2 unspecified atom stereocenters. The van der Waals surface area contributed by atoms with E-state index in [-0.39, 0.29) is 18.6 Å². The fourth-order valence-electron chi connectivity index (χ4n) is 2.22. The highest BCUT2D eigenvalue weighted by molar-refractivity contribution is 5.68. The van der Waals surface area contributed by atoms with Crippen molar-refractivity contribution in [2.75, 3.05) is 13.1 Å². The number of amides is 1. The second-order valence-electron chi connectivity index (χ2n) is 4.68. The van der Waals surface area contributed by atoms with Crippen molar-refractivity contribution in [1.29, 1.82) is 0 Å². The number of carbonyl (C=O) groups excluding carboxylic acids is 1. The van der Waals surface area contributed by atoms with E-state index in [1.54, 1.807) is 4.90 Å². The van der Waals surface area contributed by atoms with Gasteiger partial charge in [-0.1, -0.05) is 37.3 Å². The summed E-state index contributed by atoms with van der Waals surface area (Å²) in [6.07, 6.45) is 0.122. The number of β-amino-alcohol motifs (C(OH)–C–C–N with tert-alkyl or cyclic N) is 1. The van der Waals surface area contributed by atoms with E-state index < -0.39 is 6.10 Å². The Labute approximate surface area is 107 Å². The first kappa shape index (κ1) is 12.9. The molecule has 1 fully saturated rings. The van der Waals surface area contributed by atoms with Crippen LogP contribution in [-0.4, -0.2) is 35.3 Å². The van der Waals surface area contributed by atoms with Crippen molar-refractivity contribution >= 4 is 6.09 Å². The highest BCUT2D eigenvalue weighted by Crippen LogP contribution is 2.20. The first-order valence-corrected chi connectivity index (χ1v) is 6.34. The normalized spacial score (nSPS) is 23.1. The molecule has 1 aromatic rings. The largest absolute Gasteiger partial charge is 0.445 e. The number of ether oxygens (including phenoxy) is 1. The van der Waals surface area contributed by atoms with Crippen LogP contribution in [0, 0.1) is 5.92 Å². The minimum atomic E-state index is -0.417. The van der Waals surface area contributed by atoms with E-state index in [2.05, 4.69) is 0 Å². The maximum Gasteiger partial charge on any atom is 0.410 e. The van der Waals surface area contributed by atoms with E-state index >= 15 is 0 Å². The maximum atomic E-state index is 11.8. The molecule has 0 aliphatic carbocycles. The number of rotatable bonds is 3. The number of likely N-dealkylation sites (tertiary alicyclic amines) is 1. The lowest BCUT2D eigenvalue weighted by Crippen LogP contribution is -2.30. The Hall–Kier alpha value is -1.55. The Morgan fingerprint density at radius 1 is 1.39 bits per heavy atom. The van der Waals surface area contributed by atoms with E-state index in [1.807, 2.05) is 37.3 Å². The summed E-state index contributed by atoms with van der Waals surface area (Å²) in [7, 11) is 0. The van der Waals surface area contributed by atoms with Crippen molar-refractivity contribution in [1.82, 2.24) is 4.90 Å². The highest BCUT2D eigenvalue weighted by atomic mass is 16.6. The van der Waals surface area contributed by atoms with Gasteiger partial charge in [-0.3, -0.25) is 0 Å². The lowest BCUT2D eigenvalue weighted by atomic mass is 10.0. The number of nitrogens with zero attached hydrogens (tertiary/aromatic N) is 1. The number of carbonyl (C=O) groups is 1. The van der Waals surface area contributed by atoms with Gasteiger partial charge in [-0.05, 0) is 12.0 Å². The van der Waals surface area contributed by atoms with Gasteiger partial charge in [-0.25, -0.2) is 4.79 Å². The fraction of sp³-hybridized carbons (Fsp3) is 0.500. The van der Waals surface area contributed by atoms with Crippen molar-refractivity contribution in [3.8, 4) is 0 Å². The van der Waals surface area contributed by atoms with Crippen LogP contribution >= 0.6 is 0 Å². The zero-order valence-electron chi connectivity index (χ0n) is 10.6. The van der Waals surface area contributed by atoms with Crippen LogP contribution in [0.5, 0.6) is 0 Å². The summed E-state index contributed by atoms with van der Waals surface area (Å²) in [5.41, 5.74) is 0.970. The first-order valence-electron chi connectivity index (χ1n) is 6.34.